The van der Waals surface area contributed by atoms with Gasteiger partial charge in [0.25, 0.3) is 5.69 Å². The number of para-hydroxylation sites is 1. The van der Waals surface area contributed by atoms with E-state index in [2.05, 4.69) is 10.3 Å². The van der Waals surface area contributed by atoms with E-state index in [0.717, 1.165) is 11.3 Å². The number of hydrogen-bond donors (Lipinski definition) is 1. The van der Waals surface area contributed by atoms with Gasteiger partial charge in [-0.05, 0) is 12.1 Å². The highest BCUT2D eigenvalue weighted by Gasteiger charge is 2.06. The molecular weight excluding hydrogens is 246 g/mol. The Balaban J connectivity index is 2.04. The van der Waals surface area contributed by atoms with Crippen LogP contribution in [0.15, 0.2) is 42.6 Å². The Morgan fingerprint density at radius 2 is 2.11 bits per heavy atom. The van der Waals surface area contributed by atoms with Crippen molar-refractivity contribution >= 4 is 11.5 Å². The fourth-order valence-electron chi connectivity index (χ4n) is 1.63. The zero-order valence-electron chi connectivity index (χ0n) is 10.4. The summed E-state index contributed by atoms with van der Waals surface area (Å²) in [6, 6.07) is 10.6. The molecule has 1 heterocycles. The summed E-state index contributed by atoms with van der Waals surface area (Å²) in [5, 5.41) is 13.6. The Bertz CT molecular complexity index is 570. The van der Waals surface area contributed by atoms with Crippen LogP contribution in [0.5, 0.6) is 5.75 Å². The molecule has 1 N–H and O–H groups in total. The molecule has 0 spiro atoms. The van der Waals surface area contributed by atoms with E-state index >= 15 is 0 Å². The highest BCUT2D eigenvalue weighted by Crippen LogP contribution is 2.19. The average molecular weight is 259 g/mol. The third-order valence-corrected chi connectivity index (χ3v) is 2.61. The molecule has 0 atom stereocenters. The number of hydrogen-bond acceptors (Lipinski definition) is 5. The van der Waals surface area contributed by atoms with E-state index in [9.17, 15) is 10.1 Å². The van der Waals surface area contributed by atoms with Gasteiger partial charge in [-0.15, -0.1) is 0 Å². The Labute approximate surface area is 110 Å². The van der Waals surface area contributed by atoms with Crippen molar-refractivity contribution in [3.63, 3.8) is 0 Å². The van der Waals surface area contributed by atoms with Crippen LogP contribution >= 0.6 is 0 Å². The SMILES string of the molecule is COc1ccccc1CNc1ccc([N+](=O)[O-])cn1. The lowest BCUT2D eigenvalue weighted by Crippen LogP contribution is -2.03. The highest BCUT2D eigenvalue weighted by molar-refractivity contribution is 5.42. The van der Waals surface area contributed by atoms with Crippen molar-refractivity contribution in [3.05, 3.63) is 58.3 Å². The zero-order valence-corrected chi connectivity index (χ0v) is 10.4. The second kappa shape index (κ2) is 5.81. The van der Waals surface area contributed by atoms with Crippen molar-refractivity contribution in [1.29, 1.82) is 0 Å². The Kier molecular flexibility index (Phi) is 3.92. The molecule has 2 aromatic rings. The van der Waals surface area contributed by atoms with E-state index in [1.165, 1.54) is 12.3 Å². The molecule has 6 nitrogen and oxygen atoms in total. The van der Waals surface area contributed by atoms with Crippen LogP contribution in [0.1, 0.15) is 5.56 Å². The molecule has 0 saturated heterocycles. The summed E-state index contributed by atoms with van der Waals surface area (Å²) in [4.78, 5) is 14.0. The zero-order chi connectivity index (χ0) is 13.7. The van der Waals surface area contributed by atoms with E-state index in [4.69, 9.17) is 4.74 Å². The Morgan fingerprint density at radius 3 is 2.74 bits per heavy atom. The summed E-state index contributed by atoms with van der Waals surface area (Å²) < 4.78 is 5.23. The first-order valence-corrected chi connectivity index (χ1v) is 5.67. The number of rotatable bonds is 5. The molecule has 0 aliphatic heterocycles. The van der Waals surface area contributed by atoms with E-state index in [-0.39, 0.29) is 5.69 Å². The van der Waals surface area contributed by atoms with Crippen molar-refractivity contribution in [2.75, 3.05) is 12.4 Å². The van der Waals surface area contributed by atoms with Crippen molar-refractivity contribution in [2.24, 2.45) is 0 Å². The summed E-state index contributed by atoms with van der Waals surface area (Å²) in [6.45, 7) is 0.537. The van der Waals surface area contributed by atoms with Gasteiger partial charge in [-0.1, -0.05) is 18.2 Å². The van der Waals surface area contributed by atoms with Gasteiger partial charge in [0.2, 0.25) is 0 Å². The van der Waals surface area contributed by atoms with Gasteiger partial charge in [0, 0.05) is 18.2 Å². The summed E-state index contributed by atoms with van der Waals surface area (Å²) in [5.74, 6) is 1.37. The van der Waals surface area contributed by atoms with Crippen LogP contribution in [0, 0.1) is 10.1 Å². The smallest absolute Gasteiger partial charge is 0.287 e. The second-order valence-corrected chi connectivity index (χ2v) is 3.82. The first kappa shape index (κ1) is 12.8. The first-order valence-electron chi connectivity index (χ1n) is 5.67. The largest absolute Gasteiger partial charge is 0.496 e. The lowest BCUT2D eigenvalue weighted by Gasteiger charge is -2.09. The topological polar surface area (TPSA) is 77.3 Å². The van der Waals surface area contributed by atoms with E-state index in [0.29, 0.717) is 12.4 Å². The van der Waals surface area contributed by atoms with Gasteiger partial charge in [0.05, 0.1) is 12.0 Å². The van der Waals surface area contributed by atoms with Gasteiger partial charge in [-0.3, -0.25) is 10.1 Å². The van der Waals surface area contributed by atoms with Gasteiger partial charge < -0.3 is 10.1 Å². The van der Waals surface area contributed by atoms with Crippen LogP contribution in [0.2, 0.25) is 0 Å². The Morgan fingerprint density at radius 1 is 1.32 bits per heavy atom. The molecule has 0 aliphatic carbocycles. The minimum atomic E-state index is -0.475. The number of aromatic nitrogens is 1. The van der Waals surface area contributed by atoms with Crippen molar-refractivity contribution in [1.82, 2.24) is 4.98 Å². The van der Waals surface area contributed by atoms with Gasteiger partial charge in [-0.2, -0.15) is 0 Å². The fourth-order valence-corrected chi connectivity index (χ4v) is 1.63. The third kappa shape index (κ3) is 3.19. The Hall–Kier alpha value is -2.63. The summed E-state index contributed by atoms with van der Waals surface area (Å²) in [6.07, 6.45) is 1.23. The molecule has 0 amide bonds. The van der Waals surface area contributed by atoms with Crippen LogP contribution in [0.4, 0.5) is 11.5 Å². The molecule has 0 saturated carbocycles. The second-order valence-electron chi connectivity index (χ2n) is 3.82. The first-order chi connectivity index (χ1) is 9.20. The number of methoxy groups -OCH3 is 1. The third-order valence-electron chi connectivity index (χ3n) is 2.61. The van der Waals surface area contributed by atoms with Crippen LogP contribution < -0.4 is 10.1 Å². The van der Waals surface area contributed by atoms with Crippen LogP contribution in [0.25, 0.3) is 0 Å². The molecule has 6 heteroatoms. The molecule has 1 aromatic carbocycles. The number of nitrogens with one attached hydrogen (secondary N) is 1. The molecule has 0 bridgehead atoms. The standard InChI is InChI=1S/C13H13N3O3/c1-19-12-5-3-2-4-10(12)8-14-13-7-6-11(9-15-13)16(17)18/h2-7,9H,8H2,1H3,(H,14,15). The van der Waals surface area contributed by atoms with Crippen LogP contribution in [0.3, 0.4) is 0 Å². The van der Waals surface area contributed by atoms with Gasteiger partial charge >= 0.3 is 0 Å². The fraction of sp³-hybridized carbons (Fsp3) is 0.154. The van der Waals surface area contributed by atoms with Gasteiger partial charge in [-0.25, -0.2) is 4.98 Å². The molecule has 0 unspecified atom stereocenters. The van der Waals surface area contributed by atoms with E-state index in [1.807, 2.05) is 24.3 Å². The summed E-state index contributed by atoms with van der Waals surface area (Å²) in [7, 11) is 1.61. The molecule has 19 heavy (non-hydrogen) atoms. The maximum absolute atomic E-state index is 10.5. The predicted molar refractivity (Wildman–Crippen MR) is 71.2 cm³/mol. The van der Waals surface area contributed by atoms with Crippen molar-refractivity contribution in [2.45, 2.75) is 6.54 Å². The number of ether oxygens (including phenoxy) is 1. The van der Waals surface area contributed by atoms with E-state index < -0.39 is 4.92 Å². The van der Waals surface area contributed by atoms with E-state index in [1.54, 1.807) is 13.2 Å². The number of pyridine rings is 1. The molecular formula is C13H13N3O3. The lowest BCUT2D eigenvalue weighted by molar-refractivity contribution is -0.385. The summed E-state index contributed by atoms with van der Waals surface area (Å²) >= 11 is 0. The molecule has 2 rings (SSSR count). The molecule has 0 radical (unpaired) electrons. The van der Waals surface area contributed by atoms with Crippen molar-refractivity contribution < 1.29 is 9.66 Å². The lowest BCUT2D eigenvalue weighted by atomic mass is 10.2. The minimum absolute atomic E-state index is 0.0251. The minimum Gasteiger partial charge on any atom is -0.496 e. The number of nitrogens with zero attached hydrogens (tertiary/aromatic N) is 2. The maximum atomic E-state index is 10.5. The molecule has 1 aromatic heterocycles. The quantitative estimate of drug-likeness (QED) is 0.659. The van der Waals surface area contributed by atoms with Crippen LogP contribution in [-0.4, -0.2) is 17.0 Å². The van der Waals surface area contributed by atoms with Gasteiger partial charge in [0.15, 0.2) is 0 Å². The molecule has 0 fully saturated rings. The normalized spacial score (nSPS) is 9.95. The average Bonchev–Trinajstić information content (AvgIpc) is 2.45. The molecule has 98 valence electrons. The number of benzene rings is 1. The monoisotopic (exact) mass is 259 g/mol. The summed E-state index contributed by atoms with van der Waals surface area (Å²) in [5.41, 5.74) is 0.966. The number of anilines is 1. The van der Waals surface area contributed by atoms with Crippen LogP contribution in [-0.2, 0) is 6.54 Å². The number of nitro groups is 1. The predicted octanol–water partition coefficient (Wildman–Crippen LogP) is 2.61. The molecule has 0 aliphatic rings. The maximum Gasteiger partial charge on any atom is 0.287 e. The highest BCUT2D eigenvalue weighted by atomic mass is 16.6. The van der Waals surface area contributed by atoms with Gasteiger partial charge in [0.1, 0.15) is 17.8 Å². The van der Waals surface area contributed by atoms with Crippen molar-refractivity contribution in [3.8, 4) is 5.75 Å².